The lowest BCUT2D eigenvalue weighted by Crippen LogP contribution is -2.44. The molecular formula is C11H16N4O2. The van der Waals surface area contributed by atoms with Crippen molar-refractivity contribution in [3.63, 3.8) is 0 Å². The summed E-state index contributed by atoms with van der Waals surface area (Å²) in [6.45, 7) is -11.9. The van der Waals surface area contributed by atoms with Crippen LogP contribution < -0.4 is 10.6 Å². The van der Waals surface area contributed by atoms with Crippen molar-refractivity contribution in [2.75, 3.05) is 43.7 Å². The highest BCUT2D eigenvalue weighted by Gasteiger charge is 2.17. The summed E-state index contributed by atoms with van der Waals surface area (Å²) in [6.07, 6.45) is 0. The van der Waals surface area contributed by atoms with Crippen LogP contribution in [-0.4, -0.2) is 42.9 Å². The Morgan fingerprint density at radius 1 is 1.41 bits per heavy atom. The molecule has 1 heterocycles. The topological polar surface area (TPSA) is 75.6 Å². The smallest absolute Gasteiger partial charge is 0.292 e. The fraction of sp³-hybridized carbons (Fsp3) is 0.455. The molecule has 0 saturated carbocycles. The lowest BCUT2D eigenvalue weighted by Gasteiger charge is -2.34. The molecule has 0 aromatic heterocycles. The van der Waals surface area contributed by atoms with E-state index in [1.54, 1.807) is 0 Å². The van der Waals surface area contributed by atoms with Crippen molar-refractivity contribution >= 4 is 17.1 Å². The van der Waals surface area contributed by atoms with E-state index < -0.39 is 36.6 Å². The zero-order valence-corrected chi connectivity index (χ0v) is 8.97. The quantitative estimate of drug-likeness (QED) is 0.476. The van der Waals surface area contributed by atoms with Crippen LogP contribution in [0.1, 0.15) is 11.0 Å². The van der Waals surface area contributed by atoms with E-state index in [-0.39, 0.29) is 11.4 Å². The van der Waals surface area contributed by atoms with Crippen LogP contribution in [0.3, 0.4) is 0 Å². The van der Waals surface area contributed by atoms with Gasteiger partial charge in [0.2, 0.25) is 0 Å². The highest BCUT2D eigenvalue weighted by molar-refractivity contribution is 5.66. The number of benzene rings is 1. The summed E-state index contributed by atoms with van der Waals surface area (Å²) in [7, 11) is 0.942. The molecule has 17 heavy (non-hydrogen) atoms. The largest absolute Gasteiger partial charge is 0.393 e. The number of likely N-dealkylation sites (N-methyl/N-ethyl adjacent to an activating group) is 1. The SMILES string of the molecule is [2H]C1([2H])N(C)C([2H])([2H])C([2H])([2H])N(c2ccc([N+](=O)[O-])c(N)c2)C1([2H])[2H]. The number of hydrogen-bond donors (Lipinski definition) is 1. The summed E-state index contributed by atoms with van der Waals surface area (Å²) in [5.74, 6) is 0. The Labute approximate surface area is 111 Å². The second-order valence-corrected chi connectivity index (χ2v) is 3.34. The number of hydrogen-bond acceptors (Lipinski definition) is 5. The van der Waals surface area contributed by atoms with Gasteiger partial charge >= 0.3 is 0 Å². The van der Waals surface area contributed by atoms with Gasteiger partial charge in [-0.3, -0.25) is 10.1 Å². The maximum atomic E-state index is 10.9. The molecule has 1 fully saturated rings. The molecule has 0 unspecified atom stereocenters. The molecule has 1 aliphatic heterocycles. The summed E-state index contributed by atoms with van der Waals surface area (Å²) in [5.41, 5.74) is 4.38. The molecule has 6 heteroatoms. The van der Waals surface area contributed by atoms with Gasteiger partial charge in [0, 0.05) is 43.2 Å². The van der Waals surface area contributed by atoms with Gasteiger partial charge in [-0.05, 0) is 19.2 Å². The zero-order valence-electron chi connectivity index (χ0n) is 17.0. The first-order chi connectivity index (χ1) is 11.1. The Hall–Kier alpha value is -1.82. The predicted molar refractivity (Wildman–Crippen MR) is 67.2 cm³/mol. The Balaban J connectivity index is 2.72. The highest BCUT2D eigenvalue weighted by atomic mass is 16.6. The van der Waals surface area contributed by atoms with Crippen LogP contribution in [0.15, 0.2) is 18.2 Å². The Bertz CT molecular complexity index is 698. The third kappa shape index (κ3) is 2.47. The summed E-state index contributed by atoms with van der Waals surface area (Å²) in [4.78, 5) is 10.7. The fourth-order valence-corrected chi connectivity index (χ4v) is 1.28. The van der Waals surface area contributed by atoms with E-state index in [2.05, 4.69) is 0 Å². The number of nitrogens with two attached hydrogens (primary N) is 1. The molecule has 0 aliphatic carbocycles. The van der Waals surface area contributed by atoms with Gasteiger partial charge < -0.3 is 15.5 Å². The average molecular weight is 244 g/mol. The minimum Gasteiger partial charge on any atom is -0.393 e. The monoisotopic (exact) mass is 244 g/mol. The molecule has 0 atom stereocenters. The van der Waals surface area contributed by atoms with Crippen LogP contribution in [-0.2, 0) is 0 Å². The molecule has 0 amide bonds. The van der Waals surface area contributed by atoms with Crippen molar-refractivity contribution in [2.45, 2.75) is 0 Å². The zero-order chi connectivity index (χ0) is 19.6. The number of nitrogen functional groups attached to an aromatic ring is 1. The summed E-state index contributed by atoms with van der Waals surface area (Å²) in [6, 6.07) is 2.85. The number of nitrogens with zero attached hydrogens (tertiary/aromatic N) is 3. The van der Waals surface area contributed by atoms with Crippen LogP contribution in [0.2, 0.25) is 0 Å². The van der Waals surface area contributed by atoms with Crippen molar-refractivity contribution in [2.24, 2.45) is 0 Å². The van der Waals surface area contributed by atoms with E-state index in [9.17, 15) is 10.1 Å². The third-order valence-electron chi connectivity index (χ3n) is 2.13. The molecule has 0 spiro atoms. The highest BCUT2D eigenvalue weighted by Crippen LogP contribution is 2.27. The van der Waals surface area contributed by atoms with Gasteiger partial charge in [0.25, 0.3) is 5.69 Å². The molecule has 0 radical (unpaired) electrons. The van der Waals surface area contributed by atoms with E-state index in [1.165, 1.54) is 0 Å². The van der Waals surface area contributed by atoms with Gasteiger partial charge in [0.1, 0.15) is 5.69 Å². The molecule has 1 saturated heterocycles. The third-order valence-corrected chi connectivity index (χ3v) is 2.13. The minimum absolute atomic E-state index is 0.292. The molecule has 1 aliphatic rings. The Morgan fingerprint density at radius 3 is 2.59 bits per heavy atom. The van der Waals surface area contributed by atoms with Crippen LogP contribution in [0.4, 0.5) is 17.1 Å². The summed E-state index contributed by atoms with van der Waals surface area (Å²) < 4.78 is 64.1. The predicted octanol–water partition coefficient (Wildman–Crippen LogP) is 0.929. The maximum Gasteiger partial charge on any atom is 0.292 e. The van der Waals surface area contributed by atoms with Crippen LogP contribution in [0.5, 0.6) is 0 Å². The second kappa shape index (κ2) is 4.58. The van der Waals surface area contributed by atoms with Gasteiger partial charge in [0.05, 0.1) is 10.4 Å². The van der Waals surface area contributed by atoms with Crippen molar-refractivity contribution < 1.29 is 15.9 Å². The van der Waals surface area contributed by atoms with Gasteiger partial charge in [-0.1, -0.05) is 0 Å². The maximum absolute atomic E-state index is 10.9. The lowest BCUT2D eigenvalue weighted by molar-refractivity contribution is -0.383. The van der Waals surface area contributed by atoms with E-state index in [0.29, 0.717) is 9.80 Å². The molecular weight excluding hydrogens is 220 g/mol. The number of piperazine rings is 1. The first-order valence-corrected chi connectivity index (χ1v) is 4.68. The summed E-state index contributed by atoms with van der Waals surface area (Å²) in [5, 5.41) is 10.9. The average Bonchev–Trinajstić information content (AvgIpc) is 2.44. The number of anilines is 2. The van der Waals surface area contributed by atoms with Gasteiger partial charge in [0.15, 0.2) is 0 Å². The van der Waals surface area contributed by atoms with E-state index >= 15 is 0 Å². The van der Waals surface area contributed by atoms with Crippen molar-refractivity contribution in [3.8, 4) is 0 Å². The second-order valence-electron chi connectivity index (χ2n) is 3.34. The molecule has 2 N–H and O–H groups in total. The molecule has 2 rings (SSSR count). The van der Waals surface area contributed by atoms with Gasteiger partial charge in [-0.15, -0.1) is 0 Å². The summed E-state index contributed by atoms with van der Waals surface area (Å²) >= 11 is 0. The molecule has 0 bridgehead atoms. The molecule has 92 valence electrons. The molecule has 1 aromatic carbocycles. The lowest BCUT2D eigenvalue weighted by atomic mass is 10.2. The normalized spacial score (nSPS) is 35.9. The molecule has 1 aromatic rings. The van der Waals surface area contributed by atoms with Crippen molar-refractivity contribution in [3.05, 3.63) is 28.3 Å². The van der Waals surface area contributed by atoms with E-state index in [1.807, 2.05) is 0 Å². The van der Waals surface area contributed by atoms with Crippen LogP contribution in [0, 0.1) is 10.1 Å². The Kier molecular flexibility index (Phi) is 1.41. The Morgan fingerprint density at radius 2 is 2.06 bits per heavy atom. The van der Waals surface area contributed by atoms with Gasteiger partial charge in [-0.25, -0.2) is 0 Å². The fourth-order valence-electron chi connectivity index (χ4n) is 1.28. The first-order valence-electron chi connectivity index (χ1n) is 8.68. The molecule has 6 nitrogen and oxygen atoms in total. The number of nitro groups is 1. The minimum atomic E-state index is -3.01. The standard InChI is InChI=1S/C11H16N4O2/c1-13-4-6-14(7-5-13)9-2-3-11(15(16)17)10(12)8-9/h2-3,8H,4-7,12H2,1H3/i4D2,5D2,6D2,7D2. The van der Waals surface area contributed by atoms with Crippen LogP contribution >= 0.6 is 0 Å². The number of nitro benzene ring substituents is 1. The van der Waals surface area contributed by atoms with E-state index in [4.69, 9.17) is 16.7 Å². The number of rotatable bonds is 2. The van der Waals surface area contributed by atoms with Crippen LogP contribution in [0.25, 0.3) is 0 Å². The van der Waals surface area contributed by atoms with E-state index in [0.717, 1.165) is 25.2 Å². The van der Waals surface area contributed by atoms with Crippen molar-refractivity contribution in [1.82, 2.24) is 4.90 Å². The first kappa shape index (κ1) is 5.22. The van der Waals surface area contributed by atoms with Gasteiger partial charge in [-0.2, -0.15) is 0 Å². The van der Waals surface area contributed by atoms with Crippen molar-refractivity contribution in [1.29, 1.82) is 0 Å².